The van der Waals surface area contributed by atoms with Crippen LogP contribution in [0, 0.1) is 16.7 Å². The van der Waals surface area contributed by atoms with E-state index in [1.807, 2.05) is 6.07 Å². The number of rotatable bonds is 8. The lowest BCUT2D eigenvalue weighted by Gasteiger charge is -2.15. The summed E-state index contributed by atoms with van der Waals surface area (Å²) in [6, 6.07) is 1.88. The fraction of sp³-hybridized carbons (Fsp3) is 0.833. The number of carboxylic acids is 1. The Hall–Kier alpha value is -1.04. The van der Waals surface area contributed by atoms with Crippen molar-refractivity contribution < 1.29 is 9.90 Å². The molecule has 0 saturated carbocycles. The van der Waals surface area contributed by atoms with Gasteiger partial charge in [-0.05, 0) is 13.3 Å². The summed E-state index contributed by atoms with van der Waals surface area (Å²) in [5.74, 6) is -1.00. The second-order valence-corrected chi connectivity index (χ2v) is 4.27. The predicted octanol–water partition coefficient (Wildman–Crippen LogP) is 3.35. The number of unbranched alkanes of at least 4 members (excludes halogenated alkanes) is 5. The van der Waals surface area contributed by atoms with Crippen molar-refractivity contribution in [1.82, 2.24) is 0 Å². The van der Waals surface area contributed by atoms with E-state index in [-0.39, 0.29) is 0 Å². The number of hydrogen-bond donors (Lipinski definition) is 1. The topological polar surface area (TPSA) is 61.1 Å². The van der Waals surface area contributed by atoms with Gasteiger partial charge in [-0.15, -0.1) is 0 Å². The summed E-state index contributed by atoms with van der Waals surface area (Å²) in [5.41, 5.74) is -1.19. The summed E-state index contributed by atoms with van der Waals surface area (Å²) in [7, 11) is 0. The standard InChI is InChI=1S/C12H21NO2/c1-3-4-5-6-7-8-9-12(2,10-13)11(14)15/h3-9H2,1-2H3,(H,14,15). The Balaban J connectivity index is 3.66. The Morgan fingerprint density at radius 2 is 1.80 bits per heavy atom. The maximum Gasteiger partial charge on any atom is 0.323 e. The first-order valence-electron chi connectivity index (χ1n) is 5.71. The Bertz CT molecular complexity index is 232. The van der Waals surface area contributed by atoms with Crippen LogP contribution in [0.1, 0.15) is 58.8 Å². The molecule has 1 atom stereocenters. The van der Waals surface area contributed by atoms with E-state index in [0.29, 0.717) is 6.42 Å². The summed E-state index contributed by atoms with van der Waals surface area (Å²) in [5, 5.41) is 17.6. The molecule has 0 aliphatic heterocycles. The summed E-state index contributed by atoms with van der Waals surface area (Å²) in [4.78, 5) is 10.8. The quantitative estimate of drug-likeness (QED) is 0.626. The van der Waals surface area contributed by atoms with E-state index in [1.165, 1.54) is 26.2 Å². The van der Waals surface area contributed by atoms with Crippen LogP contribution in [0.4, 0.5) is 0 Å². The summed E-state index contributed by atoms with van der Waals surface area (Å²) in [6.07, 6.45) is 7.15. The van der Waals surface area contributed by atoms with E-state index in [9.17, 15) is 4.79 Å². The molecule has 3 heteroatoms. The van der Waals surface area contributed by atoms with Gasteiger partial charge in [-0.2, -0.15) is 5.26 Å². The average molecular weight is 211 g/mol. The highest BCUT2D eigenvalue weighted by atomic mass is 16.4. The van der Waals surface area contributed by atoms with Gasteiger partial charge in [0, 0.05) is 0 Å². The molecular weight excluding hydrogens is 190 g/mol. The van der Waals surface area contributed by atoms with E-state index in [0.717, 1.165) is 19.3 Å². The van der Waals surface area contributed by atoms with E-state index in [4.69, 9.17) is 10.4 Å². The summed E-state index contributed by atoms with van der Waals surface area (Å²) >= 11 is 0. The normalized spacial score (nSPS) is 14.2. The Kier molecular flexibility index (Phi) is 6.77. The molecule has 0 heterocycles. The molecule has 86 valence electrons. The van der Waals surface area contributed by atoms with Crippen LogP contribution in [0.15, 0.2) is 0 Å². The first-order chi connectivity index (χ1) is 7.06. The van der Waals surface area contributed by atoms with Crippen LogP contribution < -0.4 is 0 Å². The van der Waals surface area contributed by atoms with Gasteiger partial charge in [-0.3, -0.25) is 4.79 Å². The Morgan fingerprint density at radius 3 is 2.27 bits per heavy atom. The molecule has 0 aliphatic carbocycles. The van der Waals surface area contributed by atoms with Crippen molar-refractivity contribution in [2.45, 2.75) is 58.8 Å². The number of carboxylic acid groups (broad SMARTS) is 1. The van der Waals surface area contributed by atoms with Crippen LogP contribution in [0.5, 0.6) is 0 Å². The second-order valence-electron chi connectivity index (χ2n) is 4.27. The Morgan fingerprint density at radius 1 is 1.27 bits per heavy atom. The molecule has 3 nitrogen and oxygen atoms in total. The van der Waals surface area contributed by atoms with Crippen molar-refractivity contribution in [2.24, 2.45) is 5.41 Å². The molecular formula is C12H21NO2. The third-order valence-corrected chi connectivity index (χ3v) is 2.75. The predicted molar refractivity (Wildman–Crippen MR) is 59.3 cm³/mol. The zero-order valence-corrected chi connectivity index (χ0v) is 9.75. The molecule has 0 aromatic heterocycles. The van der Waals surface area contributed by atoms with Crippen molar-refractivity contribution in [2.75, 3.05) is 0 Å². The number of hydrogen-bond acceptors (Lipinski definition) is 2. The lowest BCUT2D eigenvalue weighted by molar-refractivity contribution is -0.145. The lowest BCUT2D eigenvalue weighted by Crippen LogP contribution is -2.25. The maximum atomic E-state index is 10.8. The number of nitriles is 1. The minimum atomic E-state index is -1.19. The zero-order chi connectivity index (χ0) is 11.7. The Labute approximate surface area is 92.1 Å². The molecule has 0 fully saturated rings. The lowest BCUT2D eigenvalue weighted by atomic mass is 9.86. The first kappa shape index (κ1) is 14.0. The third kappa shape index (κ3) is 5.41. The maximum absolute atomic E-state index is 10.8. The molecule has 1 unspecified atom stereocenters. The van der Waals surface area contributed by atoms with Gasteiger partial charge in [0.1, 0.15) is 0 Å². The second kappa shape index (κ2) is 7.28. The van der Waals surface area contributed by atoms with E-state index in [2.05, 4.69) is 6.92 Å². The summed E-state index contributed by atoms with van der Waals surface area (Å²) in [6.45, 7) is 3.67. The molecule has 0 rings (SSSR count). The van der Waals surface area contributed by atoms with E-state index in [1.54, 1.807) is 0 Å². The van der Waals surface area contributed by atoms with Gasteiger partial charge in [-0.1, -0.05) is 45.4 Å². The molecule has 0 bridgehead atoms. The molecule has 0 aromatic rings. The molecule has 15 heavy (non-hydrogen) atoms. The van der Waals surface area contributed by atoms with Gasteiger partial charge in [0.15, 0.2) is 5.41 Å². The van der Waals surface area contributed by atoms with E-state index < -0.39 is 11.4 Å². The van der Waals surface area contributed by atoms with Crippen molar-refractivity contribution in [3.05, 3.63) is 0 Å². The minimum Gasteiger partial charge on any atom is -0.480 e. The first-order valence-corrected chi connectivity index (χ1v) is 5.71. The number of carbonyl (C=O) groups is 1. The van der Waals surface area contributed by atoms with Gasteiger partial charge in [0.2, 0.25) is 0 Å². The molecule has 0 aliphatic rings. The van der Waals surface area contributed by atoms with Gasteiger partial charge >= 0.3 is 5.97 Å². The summed E-state index contributed by atoms with van der Waals surface area (Å²) < 4.78 is 0. The highest BCUT2D eigenvalue weighted by Crippen LogP contribution is 2.24. The van der Waals surface area contributed by atoms with Crippen molar-refractivity contribution in [3.8, 4) is 6.07 Å². The van der Waals surface area contributed by atoms with Crippen molar-refractivity contribution in [1.29, 1.82) is 5.26 Å². The highest BCUT2D eigenvalue weighted by molar-refractivity contribution is 5.77. The SMILES string of the molecule is CCCCCCCCC(C)(C#N)C(=O)O. The van der Waals surface area contributed by atoms with E-state index >= 15 is 0 Å². The van der Waals surface area contributed by atoms with Crippen molar-refractivity contribution >= 4 is 5.97 Å². The van der Waals surface area contributed by atoms with Gasteiger partial charge in [-0.25, -0.2) is 0 Å². The van der Waals surface area contributed by atoms with Crippen molar-refractivity contribution in [3.63, 3.8) is 0 Å². The number of nitrogens with zero attached hydrogens (tertiary/aromatic N) is 1. The average Bonchev–Trinajstić information content (AvgIpc) is 2.22. The van der Waals surface area contributed by atoms with Crippen LogP contribution >= 0.6 is 0 Å². The van der Waals surface area contributed by atoms with Gasteiger partial charge < -0.3 is 5.11 Å². The fourth-order valence-corrected chi connectivity index (χ4v) is 1.47. The smallest absolute Gasteiger partial charge is 0.323 e. The van der Waals surface area contributed by atoms with Crippen LogP contribution in [-0.4, -0.2) is 11.1 Å². The zero-order valence-electron chi connectivity index (χ0n) is 9.75. The van der Waals surface area contributed by atoms with Gasteiger partial charge in [0.05, 0.1) is 6.07 Å². The third-order valence-electron chi connectivity index (χ3n) is 2.75. The van der Waals surface area contributed by atoms with Crippen LogP contribution in [0.3, 0.4) is 0 Å². The highest BCUT2D eigenvalue weighted by Gasteiger charge is 2.32. The minimum absolute atomic E-state index is 0.463. The van der Waals surface area contributed by atoms with Gasteiger partial charge in [0.25, 0.3) is 0 Å². The molecule has 0 saturated heterocycles. The molecule has 1 N–H and O–H groups in total. The molecule has 0 amide bonds. The fourth-order valence-electron chi connectivity index (χ4n) is 1.47. The van der Waals surface area contributed by atoms with Crippen LogP contribution in [0.2, 0.25) is 0 Å². The largest absolute Gasteiger partial charge is 0.480 e. The molecule has 0 aromatic carbocycles. The molecule has 0 spiro atoms. The number of aliphatic carboxylic acids is 1. The van der Waals surface area contributed by atoms with Crippen LogP contribution in [-0.2, 0) is 4.79 Å². The van der Waals surface area contributed by atoms with Crippen LogP contribution in [0.25, 0.3) is 0 Å². The monoisotopic (exact) mass is 211 g/mol. The molecule has 0 radical (unpaired) electrons.